The van der Waals surface area contributed by atoms with E-state index >= 15 is 0 Å². The van der Waals surface area contributed by atoms with Gasteiger partial charge in [-0.15, -0.1) is 0 Å². The highest BCUT2D eigenvalue weighted by Gasteiger charge is 2.50. The standard InChI is InChI=1S/C15H19NO4/c1-9-12-13(17)16-14(12)20-15(19-9)10(2)18-8-11-6-4-3-5-7-11/h3-7,9-10,12,14-15H,8H2,1-2H3,(H,16,17)/t9-,10+,12+,14+,15-/m1/s1. The van der Waals surface area contributed by atoms with Crippen LogP contribution >= 0.6 is 0 Å². The van der Waals surface area contributed by atoms with Crippen molar-refractivity contribution in [2.45, 2.75) is 45.2 Å². The minimum Gasteiger partial charge on any atom is -0.369 e. The number of fused-ring (bicyclic) bond motifs is 1. The summed E-state index contributed by atoms with van der Waals surface area (Å²) in [6, 6.07) is 9.96. The van der Waals surface area contributed by atoms with Gasteiger partial charge in [-0.1, -0.05) is 30.3 Å². The van der Waals surface area contributed by atoms with Gasteiger partial charge in [0.25, 0.3) is 0 Å². The van der Waals surface area contributed by atoms with E-state index in [-0.39, 0.29) is 30.3 Å². The molecule has 2 fully saturated rings. The van der Waals surface area contributed by atoms with Gasteiger partial charge in [-0.3, -0.25) is 4.79 Å². The van der Waals surface area contributed by atoms with Crippen LogP contribution in [0.1, 0.15) is 19.4 Å². The van der Waals surface area contributed by atoms with Crippen LogP contribution in [0, 0.1) is 5.92 Å². The predicted octanol–water partition coefficient (Wildman–Crippen LogP) is 1.43. The van der Waals surface area contributed by atoms with Crippen LogP contribution in [0.25, 0.3) is 0 Å². The van der Waals surface area contributed by atoms with E-state index in [0.717, 1.165) is 5.56 Å². The highest BCUT2D eigenvalue weighted by atomic mass is 16.7. The minimum absolute atomic E-state index is 0.00110. The van der Waals surface area contributed by atoms with Crippen LogP contribution in [-0.2, 0) is 25.6 Å². The number of β-lactam (4-membered cyclic amide) rings is 1. The summed E-state index contributed by atoms with van der Waals surface area (Å²) < 4.78 is 17.2. The Morgan fingerprint density at radius 2 is 2.05 bits per heavy atom. The molecule has 5 nitrogen and oxygen atoms in total. The maximum absolute atomic E-state index is 11.4. The molecule has 3 rings (SSSR count). The molecule has 1 amide bonds. The first-order chi connectivity index (χ1) is 9.65. The van der Waals surface area contributed by atoms with Crippen LogP contribution in [-0.4, -0.2) is 30.6 Å². The normalized spacial score (nSPS) is 33.8. The number of benzene rings is 1. The van der Waals surface area contributed by atoms with Crippen molar-refractivity contribution in [3.8, 4) is 0 Å². The zero-order chi connectivity index (χ0) is 14.1. The Bertz CT molecular complexity index is 470. The smallest absolute Gasteiger partial charge is 0.232 e. The molecule has 2 saturated heterocycles. The van der Waals surface area contributed by atoms with Crippen LogP contribution in [0.3, 0.4) is 0 Å². The van der Waals surface area contributed by atoms with E-state index < -0.39 is 6.29 Å². The van der Waals surface area contributed by atoms with Gasteiger partial charge < -0.3 is 19.5 Å². The third kappa shape index (κ3) is 2.57. The molecule has 0 bridgehead atoms. The summed E-state index contributed by atoms with van der Waals surface area (Å²) in [6.45, 7) is 4.33. The summed E-state index contributed by atoms with van der Waals surface area (Å²) in [7, 11) is 0. The van der Waals surface area contributed by atoms with Gasteiger partial charge >= 0.3 is 0 Å². The average Bonchev–Trinajstić information content (AvgIpc) is 2.43. The zero-order valence-corrected chi connectivity index (χ0v) is 11.6. The number of hydrogen-bond acceptors (Lipinski definition) is 4. The number of ether oxygens (including phenoxy) is 3. The molecule has 108 valence electrons. The molecular weight excluding hydrogens is 258 g/mol. The number of amides is 1. The molecular formula is C15H19NO4. The first-order valence-corrected chi connectivity index (χ1v) is 6.92. The molecule has 20 heavy (non-hydrogen) atoms. The fraction of sp³-hybridized carbons (Fsp3) is 0.533. The van der Waals surface area contributed by atoms with Crippen molar-refractivity contribution in [1.82, 2.24) is 5.32 Å². The highest BCUT2D eigenvalue weighted by Crippen LogP contribution is 2.31. The number of hydrogen-bond donors (Lipinski definition) is 1. The van der Waals surface area contributed by atoms with Crippen molar-refractivity contribution in [2.75, 3.05) is 0 Å². The molecule has 2 aliphatic rings. The molecule has 0 spiro atoms. The number of carbonyl (C=O) groups excluding carboxylic acids is 1. The molecule has 0 aliphatic carbocycles. The molecule has 2 heterocycles. The fourth-order valence-electron chi connectivity index (χ4n) is 2.52. The van der Waals surface area contributed by atoms with Crippen molar-refractivity contribution >= 4 is 5.91 Å². The van der Waals surface area contributed by atoms with Crippen molar-refractivity contribution in [1.29, 1.82) is 0 Å². The molecule has 1 aromatic carbocycles. The van der Waals surface area contributed by atoms with E-state index in [1.807, 2.05) is 44.2 Å². The number of carbonyl (C=O) groups is 1. The van der Waals surface area contributed by atoms with E-state index in [1.165, 1.54) is 0 Å². The predicted molar refractivity (Wildman–Crippen MR) is 71.5 cm³/mol. The Hall–Kier alpha value is -1.43. The topological polar surface area (TPSA) is 56.8 Å². The quantitative estimate of drug-likeness (QED) is 0.846. The molecule has 0 unspecified atom stereocenters. The summed E-state index contributed by atoms with van der Waals surface area (Å²) in [4.78, 5) is 11.4. The minimum atomic E-state index is -0.449. The first-order valence-electron chi connectivity index (χ1n) is 6.92. The van der Waals surface area contributed by atoms with E-state index in [1.54, 1.807) is 0 Å². The van der Waals surface area contributed by atoms with E-state index in [2.05, 4.69) is 5.32 Å². The van der Waals surface area contributed by atoms with E-state index in [4.69, 9.17) is 14.2 Å². The Labute approximate surface area is 118 Å². The summed E-state index contributed by atoms with van der Waals surface area (Å²) in [5.74, 6) is -0.189. The molecule has 0 aromatic heterocycles. The Balaban J connectivity index is 1.53. The van der Waals surface area contributed by atoms with E-state index in [9.17, 15) is 4.79 Å². The van der Waals surface area contributed by atoms with Gasteiger partial charge in [0.05, 0.1) is 12.7 Å². The van der Waals surface area contributed by atoms with Gasteiger partial charge in [-0.2, -0.15) is 0 Å². The molecule has 0 radical (unpaired) electrons. The average molecular weight is 277 g/mol. The number of rotatable bonds is 4. The second-order valence-corrected chi connectivity index (χ2v) is 5.30. The summed E-state index contributed by atoms with van der Waals surface area (Å²) in [5.41, 5.74) is 1.11. The van der Waals surface area contributed by atoms with Gasteiger partial charge in [-0.25, -0.2) is 0 Å². The van der Waals surface area contributed by atoms with Crippen LogP contribution < -0.4 is 5.32 Å². The monoisotopic (exact) mass is 277 g/mol. The zero-order valence-electron chi connectivity index (χ0n) is 11.6. The Morgan fingerprint density at radius 3 is 2.70 bits per heavy atom. The van der Waals surface area contributed by atoms with Crippen molar-refractivity contribution < 1.29 is 19.0 Å². The lowest BCUT2D eigenvalue weighted by Gasteiger charge is -2.47. The lowest BCUT2D eigenvalue weighted by atomic mass is 9.92. The van der Waals surface area contributed by atoms with Gasteiger partial charge in [-0.05, 0) is 19.4 Å². The van der Waals surface area contributed by atoms with Gasteiger partial charge in [0.15, 0.2) is 6.29 Å². The first kappa shape index (κ1) is 13.5. The molecule has 1 N–H and O–H groups in total. The van der Waals surface area contributed by atoms with Crippen LogP contribution in [0.2, 0.25) is 0 Å². The second-order valence-electron chi connectivity index (χ2n) is 5.30. The van der Waals surface area contributed by atoms with E-state index in [0.29, 0.717) is 6.61 Å². The third-order valence-corrected chi connectivity index (χ3v) is 3.79. The molecule has 1 aromatic rings. The molecule has 0 saturated carbocycles. The Kier molecular flexibility index (Phi) is 3.74. The lowest BCUT2D eigenvalue weighted by Crippen LogP contribution is -2.68. The third-order valence-electron chi connectivity index (χ3n) is 3.79. The SMILES string of the molecule is C[C@H](OCc1ccccc1)[C@@H]1O[C@H](C)[C@H]2C(=O)N[C@H]2O1. The highest BCUT2D eigenvalue weighted by molar-refractivity contribution is 5.85. The van der Waals surface area contributed by atoms with Gasteiger partial charge in [0, 0.05) is 0 Å². The maximum Gasteiger partial charge on any atom is 0.232 e. The second kappa shape index (κ2) is 5.52. The summed E-state index contributed by atoms with van der Waals surface area (Å²) >= 11 is 0. The summed E-state index contributed by atoms with van der Waals surface area (Å²) in [5, 5.41) is 2.74. The van der Waals surface area contributed by atoms with Crippen LogP contribution in [0.5, 0.6) is 0 Å². The van der Waals surface area contributed by atoms with Crippen LogP contribution in [0.4, 0.5) is 0 Å². The largest absolute Gasteiger partial charge is 0.369 e. The van der Waals surface area contributed by atoms with Crippen molar-refractivity contribution in [3.05, 3.63) is 35.9 Å². The lowest BCUT2D eigenvalue weighted by molar-refractivity contribution is -0.312. The molecule has 2 aliphatic heterocycles. The van der Waals surface area contributed by atoms with Crippen molar-refractivity contribution in [2.24, 2.45) is 5.92 Å². The number of nitrogens with one attached hydrogen (secondary N) is 1. The van der Waals surface area contributed by atoms with Gasteiger partial charge in [0.1, 0.15) is 18.2 Å². The molecule has 5 atom stereocenters. The van der Waals surface area contributed by atoms with Gasteiger partial charge in [0.2, 0.25) is 5.91 Å². The summed E-state index contributed by atoms with van der Waals surface area (Å²) in [6.07, 6.45) is -1.03. The van der Waals surface area contributed by atoms with Crippen LogP contribution in [0.15, 0.2) is 30.3 Å². The fourth-order valence-corrected chi connectivity index (χ4v) is 2.52. The Morgan fingerprint density at radius 1 is 1.30 bits per heavy atom. The maximum atomic E-state index is 11.4. The molecule has 5 heteroatoms. The van der Waals surface area contributed by atoms with Crippen molar-refractivity contribution in [3.63, 3.8) is 0 Å².